The molecule has 6 heteroatoms. The van der Waals surface area contributed by atoms with E-state index in [1.807, 2.05) is 18.5 Å². The fourth-order valence-corrected chi connectivity index (χ4v) is 2.60. The lowest BCUT2D eigenvalue weighted by molar-refractivity contribution is -0.154. The third-order valence-electron chi connectivity index (χ3n) is 3.45. The standard InChI is InChI=1S/C13H24N4O2/c1-10-14-15-12(16(10)4)7-17-6-11(8-18-5)19-13(2,3)9-17/h11H,6-9H2,1-5H3/t11-/m0/s1. The Morgan fingerprint density at radius 2 is 2.16 bits per heavy atom. The molecule has 1 aliphatic rings. The van der Waals surface area contributed by atoms with Crippen LogP contribution in [0, 0.1) is 6.92 Å². The number of hydrogen-bond acceptors (Lipinski definition) is 5. The number of ether oxygens (including phenoxy) is 2. The minimum Gasteiger partial charge on any atom is -0.382 e. The van der Waals surface area contributed by atoms with Gasteiger partial charge < -0.3 is 14.0 Å². The summed E-state index contributed by atoms with van der Waals surface area (Å²) in [5, 5.41) is 8.33. The number of nitrogens with zero attached hydrogens (tertiary/aromatic N) is 4. The molecule has 1 saturated heterocycles. The van der Waals surface area contributed by atoms with Crippen molar-refractivity contribution in [2.45, 2.75) is 39.0 Å². The van der Waals surface area contributed by atoms with Gasteiger partial charge in [0, 0.05) is 27.2 Å². The molecule has 0 unspecified atom stereocenters. The Bertz CT molecular complexity index is 430. The lowest BCUT2D eigenvalue weighted by Crippen LogP contribution is -2.53. The molecular weight excluding hydrogens is 244 g/mol. The Kier molecular flexibility index (Phi) is 4.23. The topological polar surface area (TPSA) is 52.4 Å². The predicted molar refractivity (Wildman–Crippen MR) is 71.8 cm³/mol. The molecular formula is C13H24N4O2. The Morgan fingerprint density at radius 3 is 2.74 bits per heavy atom. The SMILES string of the molecule is COC[C@@H]1CN(Cc2nnc(C)n2C)CC(C)(C)O1. The lowest BCUT2D eigenvalue weighted by atomic mass is 10.1. The molecule has 1 aromatic rings. The molecule has 1 aromatic heterocycles. The fourth-order valence-electron chi connectivity index (χ4n) is 2.60. The van der Waals surface area contributed by atoms with E-state index in [2.05, 4.69) is 28.9 Å². The van der Waals surface area contributed by atoms with E-state index in [4.69, 9.17) is 9.47 Å². The Labute approximate surface area is 114 Å². The van der Waals surface area contributed by atoms with Gasteiger partial charge in [0.1, 0.15) is 11.6 Å². The second-order valence-corrected chi connectivity index (χ2v) is 5.85. The summed E-state index contributed by atoms with van der Waals surface area (Å²) in [5.74, 6) is 1.93. The number of methoxy groups -OCH3 is 1. The van der Waals surface area contributed by atoms with Gasteiger partial charge in [0.2, 0.25) is 0 Å². The molecule has 0 amide bonds. The molecule has 0 aliphatic carbocycles. The molecule has 0 aromatic carbocycles. The molecule has 1 atom stereocenters. The maximum Gasteiger partial charge on any atom is 0.146 e. The molecule has 1 aliphatic heterocycles. The van der Waals surface area contributed by atoms with Crippen molar-refractivity contribution in [3.8, 4) is 0 Å². The summed E-state index contributed by atoms with van der Waals surface area (Å²) < 4.78 is 13.3. The first kappa shape index (κ1) is 14.4. The van der Waals surface area contributed by atoms with E-state index >= 15 is 0 Å². The van der Waals surface area contributed by atoms with Crippen molar-refractivity contribution in [2.24, 2.45) is 7.05 Å². The van der Waals surface area contributed by atoms with Gasteiger partial charge in [-0.25, -0.2) is 0 Å². The summed E-state index contributed by atoms with van der Waals surface area (Å²) in [7, 11) is 3.71. The monoisotopic (exact) mass is 268 g/mol. The minimum atomic E-state index is -0.158. The Balaban J connectivity index is 2.04. The van der Waals surface area contributed by atoms with Crippen LogP contribution in [0.1, 0.15) is 25.5 Å². The Hall–Kier alpha value is -0.980. The van der Waals surface area contributed by atoms with Gasteiger partial charge >= 0.3 is 0 Å². The average molecular weight is 268 g/mol. The maximum absolute atomic E-state index is 6.01. The number of rotatable bonds is 4. The first-order chi connectivity index (χ1) is 8.91. The molecule has 1 fully saturated rings. The largest absolute Gasteiger partial charge is 0.382 e. The van der Waals surface area contributed by atoms with Crippen LogP contribution in [0.15, 0.2) is 0 Å². The van der Waals surface area contributed by atoms with Crippen LogP contribution in [0.3, 0.4) is 0 Å². The van der Waals surface area contributed by atoms with Crippen molar-refractivity contribution in [3.05, 3.63) is 11.6 Å². The van der Waals surface area contributed by atoms with Gasteiger partial charge in [0.15, 0.2) is 0 Å². The molecule has 0 radical (unpaired) electrons. The van der Waals surface area contributed by atoms with Crippen LogP contribution in [-0.4, -0.2) is 58.2 Å². The van der Waals surface area contributed by atoms with Gasteiger partial charge in [-0.05, 0) is 20.8 Å². The van der Waals surface area contributed by atoms with E-state index in [0.29, 0.717) is 6.61 Å². The average Bonchev–Trinajstić information content (AvgIpc) is 2.59. The smallest absolute Gasteiger partial charge is 0.146 e. The highest BCUT2D eigenvalue weighted by atomic mass is 16.5. The number of aromatic nitrogens is 3. The lowest BCUT2D eigenvalue weighted by Gasteiger charge is -2.42. The highest BCUT2D eigenvalue weighted by Gasteiger charge is 2.33. The van der Waals surface area contributed by atoms with Crippen molar-refractivity contribution in [3.63, 3.8) is 0 Å². The van der Waals surface area contributed by atoms with Gasteiger partial charge in [0.25, 0.3) is 0 Å². The van der Waals surface area contributed by atoms with Crippen molar-refractivity contribution < 1.29 is 9.47 Å². The van der Waals surface area contributed by atoms with E-state index in [1.165, 1.54) is 0 Å². The van der Waals surface area contributed by atoms with Gasteiger partial charge in [-0.15, -0.1) is 10.2 Å². The third kappa shape index (κ3) is 3.52. The summed E-state index contributed by atoms with van der Waals surface area (Å²) in [6.45, 7) is 9.37. The van der Waals surface area contributed by atoms with Gasteiger partial charge in [0.05, 0.1) is 24.9 Å². The molecule has 0 spiro atoms. The zero-order chi connectivity index (χ0) is 14.0. The number of aryl methyl sites for hydroxylation is 1. The molecule has 2 rings (SSSR count). The van der Waals surface area contributed by atoms with Crippen LogP contribution < -0.4 is 0 Å². The molecule has 6 nitrogen and oxygen atoms in total. The first-order valence-corrected chi connectivity index (χ1v) is 6.65. The molecule has 2 heterocycles. The number of hydrogen-bond donors (Lipinski definition) is 0. The maximum atomic E-state index is 6.01. The fraction of sp³-hybridized carbons (Fsp3) is 0.846. The summed E-state index contributed by atoms with van der Waals surface area (Å²) in [5.41, 5.74) is -0.158. The van der Waals surface area contributed by atoms with Gasteiger partial charge in [-0.3, -0.25) is 4.90 Å². The van der Waals surface area contributed by atoms with Crippen LogP contribution >= 0.6 is 0 Å². The highest BCUT2D eigenvalue weighted by molar-refractivity contribution is 4.94. The molecule has 108 valence electrons. The van der Waals surface area contributed by atoms with Crippen LogP contribution in [0.25, 0.3) is 0 Å². The molecule has 0 bridgehead atoms. The van der Waals surface area contributed by atoms with Crippen molar-refractivity contribution in [1.82, 2.24) is 19.7 Å². The van der Waals surface area contributed by atoms with Crippen LogP contribution in [0.4, 0.5) is 0 Å². The zero-order valence-corrected chi connectivity index (χ0v) is 12.5. The molecule has 0 N–H and O–H groups in total. The summed E-state index contributed by atoms with van der Waals surface area (Å²) in [6.07, 6.45) is 0.114. The molecule has 0 saturated carbocycles. The van der Waals surface area contributed by atoms with Gasteiger partial charge in [-0.1, -0.05) is 0 Å². The normalized spacial score (nSPS) is 23.7. The predicted octanol–water partition coefficient (Wildman–Crippen LogP) is 0.749. The molecule has 19 heavy (non-hydrogen) atoms. The Morgan fingerprint density at radius 1 is 1.42 bits per heavy atom. The quantitative estimate of drug-likeness (QED) is 0.806. The zero-order valence-electron chi connectivity index (χ0n) is 12.5. The second kappa shape index (κ2) is 5.56. The van der Waals surface area contributed by atoms with E-state index in [-0.39, 0.29) is 11.7 Å². The summed E-state index contributed by atoms with van der Waals surface area (Å²) >= 11 is 0. The highest BCUT2D eigenvalue weighted by Crippen LogP contribution is 2.22. The minimum absolute atomic E-state index is 0.114. The van der Waals surface area contributed by atoms with Crippen LogP contribution in [-0.2, 0) is 23.1 Å². The van der Waals surface area contributed by atoms with Crippen molar-refractivity contribution in [2.75, 3.05) is 26.8 Å². The summed E-state index contributed by atoms with van der Waals surface area (Å²) in [6, 6.07) is 0. The van der Waals surface area contributed by atoms with Crippen molar-refractivity contribution in [1.29, 1.82) is 0 Å². The van der Waals surface area contributed by atoms with E-state index in [1.54, 1.807) is 7.11 Å². The summed E-state index contributed by atoms with van der Waals surface area (Å²) in [4.78, 5) is 2.36. The van der Waals surface area contributed by atoms with Crippen LogP contribution in [0.2, 0.25) is 0 Å². The number of morpholine rings is 1. The van der Waals surface area contributed by atoms with E-state index in [9.17, 15) is 0 Å². The second-order valence-electron chi connectivity index (χ2n) is 5.85. The van der Waals surface area contributed by atoms with Crippen molar-refractivity contribution >= 4 is 0 Å². The van der Waals surface area contributed by atoms with E-state index in [0.717, 1.165) is 31.3 Å². The first-order valence-electron chi connectivity index (χ1n) is 6.65. The van der Waals surface area contributed by atoms with Crippen LogP contribution in [0.5, 0.6) is 0 Å². The third-order valence-corrected chi connectivity index (χ3v) is 3.45. The van der Waals surface area contributed by atoms with E-state index < -0.39 is 0 Å². The van der Waals surface area contributed by atoms with Gasteiger partial charge in [-0.2, -0.15) is 0 Å².